The second kappa shape index (κ2) is 7.17. The summed E-state index contributed by atoms with van der Waals surface area (Å²) >= 11 is 0. The smallest absolute Gasteiger partial charge is 0.410 e. The Kier molecular flexibility index (Phi) is 5.46. The lowest BCUT2D eigenvalue weighted by Gasteiger charge is -2.37. The molecule has 0 radical (unpaired) electrons. The van der Waals surface area contributed by atoms with Crippen molar-refractivity contribution in [2.24, 2.45) is 0 Å². The second-order valence-electron chi connectivity index (χ2n) is 7.14. The molecule has 2 heterocycles. The first-order valence-corrected chi connectivity index (χ1v) is 8.11. The molecular formula is C17H27N3O3. The largest absolute Gasteiger partial charge is 0.444 e. The second-order valence-corrected chi connectivity index (χ2v) is 7.14. The molecule has 1 atom stereocenters. The fourth-order valence-corrected chi connectivity index (χ4v) is 2.75. The van der Waals surface area contributed by atoms with Gasteiger partial charge in [-0.15, -0.1) is 0 Å². The summed E-state index contributed by atoms with van der Waals surface area (Å²) in [5.74, 6) is 0.0619. The van der Waals surface area contributed by atoms with Crippen LogP contribution >= 0.6 is 0 Å². The Balaban J connectivity index is 1.90. The van der Waals surface area contributed by atoms with E-state index in [0.29, 0.717) is 25.3 Å². The van der Waals surface area contributed by atoms with Crippen LogP contribution in [0.15, 0.2) is 18.3 Å². The van der Waals surface area contributed by atoms with Gasteiger partial charge in [-0.1, -0.05) is 0 Å². The molecule has 6 nitrogen and oxygen atoms in total. The van der Waals surface area contributed by atoms with Crippen molar-refractivity contribution in [3.05, 3.63) is 24.0 Å². The number of ketones is 1. The average molecular weight is 321 g/mol. The third-order valence-corrected chi connectivity index (χ3v) is 3.96. The van der Waals surface area contributed by atoms with Gasteiger partial charge in [-0.05, 0) is 52.8 Å². The minimum Gasteiger partial charge on any atom is -0.444 e. The fraction of sp³-hybridized carbons (Fsp3) is 0.647. The number of carbonyl (C=O) groups is 2. The average Bonchev–Trinajstić information content (AvgIpc) is 3.00. The molecule has 1 saturated heterocycles. The predicted molar refractivity (Wildman–Crippen MR) is 88.6 cm³/mol. The number of piperidine rings is 1. The molecule has 1 aromatic rings. The van der Waals surface area contributed by atoms with Crippen LogP contribution in [0.4, 0.5) is 4.79 Å². The summed E-state index contributed by atoms with van der Waals surface area (Å²) < 4.78 is 5.44. The number of hydrogen-bond donors (Lipinski definition) is 1. The van der Waals surface area contributed by atoms with Crippen LogP contribution < -0.4 is 0 Å². The minimum atomic E-state index is -0.487. The van der Waals surface area contributed by atoms with Crippen LogP contribution in [0.5, 0.6) is 0 Å². The maximum Gasteiger partial charge on any atom is 0.410 e. The molecule has 6 heteroatoms. The Morgan fingerprint density at radius 1 is 1.43 bits per heavy atom. The zero-order valence-electron chi connectivity index (χ0n) is 14.5. The van der Waals surface area contributed by atoms with E-state index in [4.69, 9.17) is 4.74 Å². The number of nitrogens with zero attached hydrogens (tertiary/aromatic N) is 2. The van der Waals surface area contributed by atoms with Crippen LogP contribution in [-0.4, -0.2) is 65.0 Å². The first-order valence-electron chi connectivity index (χ1n) is 8.11. The van der Waals surface area contributed by atoms with Crippen LogP contribution in [0.1, 0.15) is 44.1 Å². The van der Waals surface area contributed by atoms with Crippen molar-refractivity contribution < 1.29 is 14.3 Å². The maximum atomic E-state index is 12.2. The molecule has 0 aromatic carbocycles. The van der Waals surface area contributed by atoms with Crippen molar-refractivity contribution in [3.8, 4) is 0 Å². The van der Waals surface area contributed by atoms with E-state index in [0.717, 1.165) is 12.8 Å². The number of H-pyrrole nitrogens is 1. The van der Waals surface area contributed by atoms with E-state index in [-0.39, 0.29) is 17.9 Å². The summed E-state index contributed by atoms with van der Waals surface area (Å²) in [4.78, 5) is 31.1. The van der Waals surface area contributed by atoms with E-state index in [2.05, 4.69) is 4.98 Å². The first-order chi connectivity index (χ1) is 10.8. The monoisotopic (exact) mass is 321 g/mol. The van der Waals surface area contributed by atoms with Crippen LogP contribution in [0.2, 0.25) is 0 Å². The summed E-state index contributed by atoms with van der Waals surface area (Å²) in [5, 5.41) is 0. The van der Waals surface area contributed by atoms with Gasteiger partial charge in [0, 0.05) is 25.3 Å². The number of amides is 1. The van der Waals surface area contributed by atoms with Gasteiger partial charge in [0.05, 0.1) is 12.2 Å². The van der Waals surface area contributed by atoms with Crippen LogP contribution in [0.25, 0.3) is 0 Å². The number of likely N-dealkylation sites (N-methyl/N-ethyl adjacent to an activating group) is 1. The van der Waals surface area contributed by atoms with Gasteiger partial charge in [0.25, 0.3) is 0 Å². The summed E-state index contributed by atoms with van der Waals surface area (Å²) in [7, 11) is 1.93. The molecule has 1 aromatic heterocycles. The van der Waals surface area contributed by atoms with Gasteiger partial charge in [0.1, 0.15) is 5.60 Å². The predicted octanol–water partition coefficient (Wildman–Crippen LogP) is 2.53. The van der Waals surface area contributed by atoms with Gasteiger partial charge in [0.2, 0.25) is 0 Å². The number of aromatic amines is 1. The van der Waals surface area contributed by atoms with E-state index < -0.39 is 5.60 Å². The van der Waals surface area contributed by atoms with E-state index in [1.807, 2.05) is 38.8 Å². The van der Waals surface area contributed by atoms with Crippen molar-refractivity contribution in [2.45, 2.75) is 45.3 Å². The third kappa shape index (κ3) is 5.10. The van der Waals surface area contributed by atoms with Crippen molar-refractivity contribution in [3.63, 3.8) is 0 Å². The zero-order chi connectivity index (χ0) is 17.0. The standard InChI is InChI=1S/C17H27N3O3/c1-17(2,3)23-16(22)20-10-6-7-13(11-20)19(4)12-15(21)14-8-5-9-18-14/h5,8-9,13,18H,6-7,10-12H2,1-4H3/t13-/m1/s1. The van der Waals surface area contributed by atoms with Crippen LogP contribution in [0.3, 0.4) is 0 Å². The number of Topliss-reactive ketones (excluding diaryl/α,β-unsaturated/α-hetero) is 1. The molecule has 0 unspecified atom stereocenters. The van der Waals surface area contributed by atoms with Crippen LogP contribution in [0, 0.1) is 0 Å². The number of ether oxygens (including phenoxy) is 1. The molecule has 0 spiro atoms. The highest BCUT2D eigenvalue weighted by Crippen LogP contribution is 2.18. The number of carbonyl (C=O) groups excluding carboxylic acids is 2. The minimum absolute atomic E-state index is 0.0619. The lowest BCUT2D eigenvalue weighted by molar-refractivity contribution is 0.0129. The zero-order valence-corrected chi connectivity index (χ0v) is 14.5. The van der Waals surface area contributed by atoms with Gasteiger partial charge in [0.15, 0.2) is 5.78 Å². The van der Waals surface area contributed by atoms with Crippen molar-refractivity contribution >= 4 is 11.9 Å². The number of nitrogens with one attached hydrogen (secondary N) is 1. The quantitative estimate of drug-likeness (QED) is 0.866. The highest BCUT2D eigenvalue weighted by atomic mass is 16.6. The Hall–Kier alpha value is -1.82. The molecular weight excluding hydrogens is 294 g/mol. The van der Waals surface area contributed by atoms with Gasteiger partial charge in [-0.3, -0.25) is 9.69 Å². The molecule has 0 bridgehead atoms. The van der Waals surface area contributed by atoms with E-state index in [1.54, 1.807) is 17.2 Å². The van der Waals surface area contributed by atoms with E-state index >= 15 is 0 Å². The highest BCUT2D eigenvalue weighted by Gasteiger charge is 2.30. The molecule has 23 heavy (non-hydrogen) atoms. The molecule has 0 aliphatic carbocycles. The Bertz CT molecular complexity index is 534. The number of likely N-dealkylation sites (tertiary alicyclic amines) is 1. The molecule has 1 aliphatic rings. The Morgan fingerprint density at radius 3 is 2.78 bits per heavy atom. The molecule has 1 N–H and O–H groups in total. The highest BCUT2D eigenvalue weighted by molar-refractivity contribution is 5.95. The third-order valence-electron chi connectivity index (χ3n) is 3.96. The number of hydrogen-bond acceptors (Lipinski definition) is 4. The maximum absolute atomic E-state index is 12.2. The van der Waals surface area contributed by atoms with Gasteiger partial charge in [-0.25, -0.2) is 4.79 Å². The Labute approximate surface area is 137 Å². The SMILES string of the molecule is CN(CC(=O)c1ccc[nH]1)[C@@H]1CCCN(C(=O)OC(C)(C)C)C1. The van der Waals surface area contributed by atoms with Gasteiger partial charge < -0.3 is 14.6 Å². The first kappa shape index (κ1) is 17.5. The summed E-state index contributed by atoms with van der Waals surface area (Å²) in [6.07, 6.45) is 3.38. The lowest BCUT2D eigenvalue weighted by atomic mass is 10.0. The summed E-state index contributed by atoms with van der Waals surface area (Å²) in [6.45, 7) is 7.26. The molecule has 128 valence electrons. The van der Waals surface area contributed by atoms with E-state index in [9.17, 15) is 9.59 Å². The van der Waals surface area contributed by atoms with E-state index in [1.165, 1.54) is 0 Å². The summed E-state index contributed by atoms with van der Waals surface area (Å²) in [5.41, 5.74) is 0.135. The normalized spacial score (nSPS) is 19.0. The van der Waals surface area contributed by atoms with Crippen molar-refractivity contribution in [1.29, 1.82) is 0 Å². The Morgan fingerprint density at radius 2 is 2.17 bits per heavy atom. The number of aromatic nitrogens is 1. The molecule has 0 saturated carbocycles. The molecule has 1 amide bonds. The van der Waals surface area contributed by atoms with Crippen molar-refractivity contribution in [2.75, 3.05) is 26.7 Å². The molecule has 1 fully saturated rings. The molecule has 2 rings (SSSR count). The number of rotatable bonds is 4. The van der Waals surface area contributed by atoms with Gasteiger partial charge in [-0.2, -0.15) is 0 Å². The topological polar surface area (TPSA) is 65.6 Å². The lowest BCUT2D eigenvalue weighted by Crippen LogP contribution is -2.50. The fourth-order valence-electron chi connectivity index (χ4n) is 2.75. The van der Waals surface area contributed by atoms with Crippen molar-refractivity contribution in [1.82, 2.24) is 14.8 Å². The van der Waals surface area contributed by atoms with Gasteiger partial charge >= 0.3 is 6.09 Å². The summed E-state index contributed by atoms with van der Waals surface area (Å²) in [6, 6.07) is 3.78. The van der Waals surface area contributed by atoms with Crippen LogP contribution in [-0.2, 0) is 4.74 Å². The molecule has 1 aliphatic heterocycles.